The number of carbonyl (C=O) groups is 2. The fraction of sp³-hybridized carbons (Fsp3) is 0.286. The Morgan fingerprint density at radius 1 is 1.47 bits per heavy atom. The number of ether oxygens (including phenoxy) is 3. The second-order valence-electron chi connectivity index (χ2n) is 4.01. The first-order valence-electron chi connectivity index (χ1n) is 5.91. The van der Waals surface area contributed by atoms with Gasteiger partial charge in [0.25, 0.3) is 0 Å². The van der Waals surface area contributed by atoms with Crippen LogP contribution in [0.3, 0.4) is 0 Å². The Hall–Kier alpha value is -2.30. The fourth-order valence-corrected chi connectivity index (χ4v) is 1.74. The molecule has 0 saturated carbocycles. The Morgan fingerprint density at radius 3 is 3.00 bits per heavy atom. The second-order valence-corrected chi connectivity index (χ2v) is 4.01. The third-order valence-corrected chi connectivity index (χ3v) is 2.58. The molecule has 1 aliphatic rings. The lowest BCUT2D eigenvalue weighted by molar-refractivity contribution is -0.145. The molecule has 0 N–H and O–H groups in total. The van der Waals surface area contributed by atoms with E-state index in [1.54, 1.807) is 25.1 Å². The molecule has 19 heavy (non-hydrogen) atoms. The van der Waals surface area contributed by atoms with Crippen LogP contribution in [0.2, 0.25) is 0 Å². The standard InChI is InChI=1S/C14H14O5/c1-3-17-14(16)8-18-10-4-5-11-9(2)6-13(15)19-12(11)7-10/h4-5,7H,2-3,6,8H2,1H3. The van der Waals surface area contributed by atoms with E-state index in [1.807, 2.05) is 0 Å². The number of hydrogen-bond acceptors (Lipinski definition) is 5. The van der Waals surface area contributed by atoms with Gasteiger partial charge in [0.15, 0.2) is 6.61 Å². The molecule has 0 atom stereocenters. The molecule has 100 valence electrons. The minimum absolute atomic E-state index is 0.179. The quantitative estimate of drug-likeness (QED) is 0.613. The lowest BCUT2D eigenvalue weighted by Gasteiger charge is -2.18. The van der Waals surface area contributed by atoms with E-state index in [2.05, 4.69) is 6.58 Å². The van der Waals surface area contributed by atoms with Crippen molar-refractivity contribution in [1.29, 1.82) is 0 Å². The molecule has 0 aromatic heterocycles. The summed E-state index contributed by atoms with van der Waals surface area (Å²) in [6.07, 6.45) is 0.191. The minimum atomic E-state index is -0.443. The van der Waals surface area contributed by atoms with Gasteiger partial charge in [-0.1, -0.05) is 6.58 Å². The number of benzene rings is 1. The van der Waals surface area contributed by atoms with Gasteiger partial charge in [0.2, 0.25) is 0 Å². The molecule has 0 aliphatic carbocycles. The first-order chi connectivity index (χ1) is 9.10. The molecule has 0 radical (unpaired) electrons. The SMILES string of the molecule is C=C1CC(=O)Oc2cc(OCC(=O)OCC)ccc21. The van der Waals surface area contributed by atoms with Gasteiger partial charge in [-0.05, 0) is 24.6 Å². The molecule has 1 aliphatic heterocycles. The molecule has 0 amide bonds. The van der Waals surface area contributed by atoms with Crippen LogP contribution in [0.25, 0.3) is 5.57 Å². The van der Waals surface area contributed by atoms with E-state index in [1.165, 1.54) is 0 Å². The van der Waals surface area contributed by atoms with E-state index in [0.717, 1.165) is 5.56 Å². The molecule has 2 rings (SSSR count). The van der Waals surface area contributed by atoms with E-state index < -0.39 is 5.97 Å². The lowest BCUT2D eigenvalue weighted by Crippen LogP contribution is -2.16. The summed E-state index contributed by atoms with van der Waals surface area (Å²) in [5.74, 6) is 0.0542. The first kappa shape index (κ1) is 13.1. The van der Waals surface area contributed by atoms with Gasteiger partial charge in [0.1, 0.15) is 11.5 Å². The van der Waals surface area contributed by atoms with Gasteiger partial charge >= 0.3 is 11.9 Å². The van der Waals surface area contributed by atoms with Crippen molar-refractivity contribution in [3.05, 3.63) is 30.3 Å². The van der Waals surface area contributed by atoms with Gasteiger partial charge < -0.3 is 14.2 Å². The third-order valence-electron chi connectivity index (χ3n) is 2.58. The van der Waals surface area contributed by atoms with Crippen LogP contribution in [0.5, 0.6) is 11.5 Å². The zero-order valence-corrected chi connectivity index (χ0v) is 10.6. The minimum Gasteiger partial charge on any atom is -0.482 e. The maximum absolute atomic E-state index is 11.3. The smallest absolute Gasteiger partial charge is 0.344 e. The van der Waals surface area contributed by atoms with Crippen LogP contribution in [-0.2, 0) is 14.3 Å². The second kappa shape index (κ2) is 5.56. The predicted octanol–water partition coefficient (Wildman–Crippen LogP) is 1.95. The van der Waals surface area contributed by atoms with Crippen LogP contribution in [-0.4, -0.2) is 25.2 Å². The van der Waals surface area contributed by atoms with Gasteiger partial charge in [0.05, 0.1) is 13.0 Å². The van der Waals surface area contributed by atoms with E-state index >= 15 is 0 Å². The Morgan fingerprint density at radius 2 is 2.26 bits per heavy atom. The molecule has 5 heteroatoms. The number of hydrogen-bond donors (Lipinski definition) is 0. The van der Waals surface area contributed by atoms with Crippen molar-refractivity contribution in [2.45, 2.75) is 13.3 Å². The number of esters is 2. The van der Waals surface area contributed by atoms with Crippen molar-refractivity contribution >= 4 is 17.5 Å². The van der Waals surface area contributed by atoms with Crippen LogP contribution >= 0.6 is 0 Å². The molecule has 0 fully saturated rings. The summed E-state index contributed by atoms with van der Waals surface area (Å²) in [6, 6.07) is 5.02. The van der Waals surface area contributed by atoms with Crippen LogP contribution in [0.1, 0.15) is 18.9 Å². The summed E-state index contributed by atoms with van der Waals surface area (Å²) in [6.45, 7) is 5.67. The number of carbonyl (C=O) groups excluding carboxylic acids is 2. The highest BCUT2D eigenvalue weighted by Gasteiger charge is 2.20. The monoisotopic (exact) mass is 262 g/mol. The summed E-state index contributed by atoms with van der Waals surface area (Å²) < 4.78 is 15.1. The maximum Gasteiger partial charge on any atom is 0.344 e. The molecule has 1 heterocycles. The van der Waals surface area contributed by atoms with Crippen LogP contribution in [0.15, 0.2) is 24.8 Å². The maximum atomic E-state index is 11.3. The van der Waals surface area contributed by atoms with Gasteiger partial charge in [-0.15, -0.1) is 0 Å². The summed E-state index contributed by atoms with van der Waals surface area (Å²) in [5, 5.41) is 0. The van der Waals surface area contributed by atoms with Crippen molar-refractivity contribution in [1.82, 2.24) is 0 Å². The first-order valence-corrected chi connectivity index (χ1v) is 5.91. The van der Waals surface area contributed by atoms with E-state index in [-0.39, 0.29) is 19.0 Å². The Balaban J connectivity index is 2.08. The van der Waals surface area contributed by atoms with Crippen molar-refractivity contribution < 1.29 is 23.8 Å². The van der Waals surface area contributed by atoms with Crippen LogP contribution in [0, 0.1) is 0 Å². The van der Waals surface area contributed by atoms with E-state index in [9.17, 15) is 9.59 Å². The number of rotatable bonds is 4. The van der Waals surface area contributed by atoms with Crippen molar-refractivity contribution in [2.75, 3.05) is 13.2 Å². The van der Waals surface area contributed by atoms with Crippen LogP contribution in [0.4, 0.5) is 0 Å². The van der Waals surface area contributed by atoms with Crippen molar-refractivity contribution in [3.8, 4) is 11.5 Å². The van der Waals surface area contributed by atoms with Crippen LogP contribution < -0.4 is 9.47 Å². The fourth-order valence-electron chi connectivity index (χ4n) is 1.74. The normalized spacial score (nSPS) is 13.5. The topological polar surface area (TPSA) is 61.8 Å². The molecule has 1 aromatic carbocycles. The van der Waals surface area contributed by atoms with Crippen molar-refractivity contribution in [2.24, 2.45) is 0 Å². The zero-order valence-electron chi connectivity index (χ0n) is 10.6. The summed E-state index contributed by atoms with van der Waals surface area (Å²) in [4.78, 5) is 22.5. The van der Waals surface area contributed by atoms with E-state index in [4.69, 9.17) is 14.2 Å². The van der Waals surface area contributed by atoms with Gasteiger partial charge in [-0.2, -0.15) is 0 Å². The van der Waals surface area contributed by atoms with Gasteiger partial charge in [-0.3, -0.25) is 4.79 Å². The average Bonchev–Trinajstić information content (AvgIpc) is 2.36. The summed E-state index contributed by atoms with van der Waals surface area (Å²) >= 11 is 0. The highest BCUT2D eigenvalue weighted by molar-refractivity contribution is 5.91. The molecule has 0 unspecified atom stereocenters. The summed E-state index contributed by atoms with van der Waals surface area (Å²) in [5.41, 5.74) is 1.49. The predicted molar refractivity (Wildman–Crippen MR) is 67.9 cm³/mol. The highest BCUT2D eigenvalue weighted by atomic mass is 16.6. The summed E-state index contributed by atoms with van der Waals surface area (Å²) in [7, 11) is 0. The average molecular weight is 262 g/mol. The lowest BCUT2D eigenvalue weighted by atomic mass is 10.0. The third kappa shape index (κ3) is 3.13. The zero-order chi connectivity index (χ0) is 13.8. The Kier molecular flexibility index (Phi) is 3.85. The molecule has 5 nitrogen and oxygen atoms in total. The Labute approximate surface area is 110 Å². The van der Waals surface area contributed by atoms with Gasteiger partial charge in [0, 0.05) is 11.6 Å². The Bertz CT molecular complexity index is 533. The molecule has 0 saturated heterocycles. The van der Waals surface area contributed by atoms with E-state index in [0.29, 0.717) is 23.7 Å². The number of fused-ring (bicyclic) bond motifs is 1. The highest BCUT2D eigenvalue weighted by Crippen LogP contribution is 2.35. The van der Waals surface area contributed by atoms with Crippen molar-refractivity contribution in [3.63, 3.8) is 0 Å². The molecular formula is C14H14O5. The molecule has 0 bridgehead atoms. The molecule has 0 spiro atoms. The molecular weight excluding hydrogens is 248 g/mol. The van der Waals surface area contributed by atoms with Gasteiger partial charge in [-0.25, -0.2) is 4.79 Å². The molecule has 1 aromatic rings. The largest absolute Gasteiger partial charge is 0.482 e.